The molecule has 5 rings (SSSR count). The average Bonchev–Trinajstić information content (AvgIpc) is 3.56. The number of nitrogens with two attached hydrogens (primary N) is 1. The standard InChI is InChI=1S/C21H26ClN5O2S.C2H6/c1-26-19(28)17(30-14-4-8-24-16(15(14)22)13-2-3-13)18(23)25-20(26)27-9-5-21(6-10-27)7-11-29-12-21;1-2/h4,8,13H,2-3,5-7,9-12,23H2,1H3;1-2H3. The SMILES string of the molecule is CC.Cn1c(N2CCC3(CCOC3)CC2)nc(N)c(Sc2ccnc(C3CC3)c2Cl)c1=O. The van der Waals surface area contributed by atoms with Gasteiger partial charge < -0.3 is 15.4 Å². The Balaban J connectivity index is 0.00000119. The van der Waals surface area contributed by atoms with Crippen LogP contribution in [0.3, 0.4) is 0 Å². The normalized spacial score (nSPS) is 19.7. The molecule has 7 nitrogen and oxygen atoms in total. The van der Waals surface area contributed by atoms with Crippen molar-refractivity contribution in [2.24, 2.45) is 12.5 Å². The molecule has 3 aliphatic rings. The van der Waals surface area contributed by atoms with Crippen molar-refractivity contribution in [3.05, 3.63) is 33.3 Å². The lowest BCUT2D eigenvalue weighted by molar-refractivity contribution is 0.133. The van der Waals surface area contributed by atoms with Gasteiger partial charge >= 0.3 is 0 Å². The first kappa shape index (κ1) is 23.4. The van der Waals surface area contributed by atoms with Crippen LogP contribution in [0.1, 0.15) is 57.6 Å². The van der Waals surface area contributed by atoms with E-state index in [1.165, 1.54) is 11.8 Å². The Morgan fingerprint density at radius 1 is 1.25 bits per heavy atom. The predicted molar refractivity (Wildman–Crippen MR) is 130 cm³/mol. The van der Waals surface area contributed by atoms with Crippen molar-refractivity contribution in [3.8, 4) is 0 Å². The minimum atomic E-state index is -0.146. The maximum atomic E-state index is 13.2. The molecule has 3 fully saturated rings. The Labute approximate surface area is 198 Å². The Morgan fingerprint density at radius 2 is 1.97 bits per heavy atom. The summed E-state index contributed by atoms with van der Waals surface area (Å²) in [5.41, 5.74) is 7.34. The number of piperidine rings is 1. The van der Waals surface area contributed by atoms with Crippen LogP contribution in [-0.2, 0) is 11.8 Å². The number of ether oxygens (including phenoxy) is 1. The average molecular weight is 478 g/mol. The summed E-state index contributed by atoms with van der Waals surface area (Å²) in [4.78, 5) is 25.6. The van der Waals surface area contributed by atoms with E-state index in [1.54, 1.807) is 17.8 Å². The molecule has 0 bridgehead atoms. The van der Waals surface area contributed by atoms with Crippen molar-refractivity contribution in [3.63, 3.8) is 0 Å². The Kier molecular flexibility index (Phi) is 7.03. The van der Waals surface area contributed by atoms with Gasteiger partial charge in [0.05, 0.1) is 17.3 Å². The molecule has 1 saturated carbocycles. The molecule has 4 heterocycles. The highest BCUT2D eigenvalue weighted by Crippen LogP contribution is 2.45. The van der Waals surface area contributed by atoms with E-state index in [9.17, 15) is 4.79 Å². The molecule has 0 radical (unpaired) electrons. The number of pyridine rings is 1. The summed E-state index contributed by atoms with van der Waals surface area (Å²) in [6, 6.07) is 1.83. The monoisotopic (exact) mass is 477 g/mol. The van der Waals surface area contributed by atoms with Crippen LogP contribution in [0.5, 0.6) is 0 Å². The van der Waals surface area contributed by atoms with Crippen LogP contribution in [0.15, 0.2) is 26.8 Å². The molecule has 1 aliphatic carbocycles. The summed E-state index contributed by atoms with van der Waals surface area (Å²) < 4.78 is 7.23. The quantitative estimate of drug-likeness (QED) is 0.694. The number of hydrogen-bond acceptors (Lipinski definition) is 7. The van der Waals surface area contributed by atoms with Gasteiger partial charge in [-0.1, -0.05) is 37.2 Å². The molecule has 0 unspecified atom stereocenters. The van der Waals surface area contributed by atoms with E-state index in [1.807, 2.05) is 19.9 Å². The summed E-state index contributed by atoms with van der Waals surface area (Å²) in [5, 5.41) is 0.621. The number of nitrogen functional groups attached to an aromatic ring is 1. The van der Waals surface area contributed by atoms with Crippen molar-refractivity contribution in [2.75, 3.05) is 36.9 Å². The van der Waals surface area contributed by atoms with Crippen LogP contribution in [-0.4, -0.2) is 40.8 Å². The van der Waals surface area contributed by atoms with Crippen LogP contribution in [0.2, 0.25) is 5.02 Å². The summed E-state index contributed by atoms with van der Waals surface area (Å²) in [6.45, 7) is 7.42. The van der Waals surface area contributed by atoms with E-state index >= 15 is 0 Å². The number of rotatable bonds is 4. The summed E-state index contributed by atoms with van der Waals surface area (Å²) in [6.07, 6.45) is 7.21. The van der Waals surface area contributed by atoms with Crippen molar-refractivity contribution < 1.29 is 4.74 Å². The molecule has 32 heavy (non-hydrogen) atoms. The van der Waals surface area contributed by atoms with Gasteiger partial charge in [0.1, 0.15) is 10.7 Å². The molecule has 0 amide bonds. The van der Waals surface area contributed by atoms with Crippen molar-refractivity contribution in [1.82, 2.24) is 14.5 Å². The molecule has 2 aromatic heterocycles. The fraction of sp³-hybridized carbons (Fsp3) is 0.609. The zero-order chi connectivity index (χ0) is 22.9. The third-order valence-electron chi connectivity index (χ3n) is 6.60. The number of aromatic nitrogens is 3. The third kappa shape index (κ3) is 4.50. The third-order valence-corrected chi connectivity index (χ3v) is 8.26. The summed E-state index contributed by atoms with van der Waals surface area (Å²) in [5.74, 6) is 1.32. The second-order valence-corrected chi connectivity index (χ2v) is 10.1. The zero-order valence-corrected chi connectivity index (χ0v) is 20.6. The maximum Gasteiger partial charge on any atom is 0.270 e. The van der Waals surface area contributed by atoms with Crippen LogP contribution < -0.4 is 16.2 Å². The highest BCUT2D eigenvalue weighted by Gasteiger charge is 2.39. The first-order valence-electron chi connectivity index (χ1n) is 11.5. The second kappa shape index (κ2) is 9.61. The molecule has 0 atom stereocenters. The van der Waals surface area contributed by atoms with E-state index in [4.69, 9.17) is 22.1 Å². The lowest BCUT2D eigenvalue weighted by Gasteiger charge is -2.39. The van der Waals surface area contributed by atoms with Crippen LogP contribution in [0, 0.1) is 5.41 Å². The summed E-state index contributed by atoms with van der Waals surface area (Å²) >= 11 is 7.86. The van der Waals surface area contributed by atoms with Crippen LogP contribution in [0.25, 0.3) is 0 Å². The van der Waals surface area contributed by atoms with E-state index in [0.717, 1.165) is 69.0 Å². The smallest absolute Gasteiger partial charge is 0.270 e. The molecule has 2 aromatic rings. The maximum absolute atomic E-state index is 13.2. The molecule has 1 spiro atoms. The van der Waals surface area contributed by atoms with Gasteiger partial charge in [-0.2, -0.15) is 4.98 Å². The molecule has 9 heteroatoms. The first-order chi connectivity index (χ1) is 15.5. The van der Waals surface area contributed by atoms with Gasteiger partial charge in [-0.3, -0.25) is 14.3 Å². The van der Waals surface area contributed by atoms with Crippen molar-refractivity contribution >= 4 is 35.1 Å². The zero-order valence-electron chi connectivity index (χ0n) is 19.1. The highest BCUT2D eigenvalue weighted by atomic mass is 35.5. The molecule has 2 aliphatic heterocycles. The van der Waals surface area contributed by atoms with E-state index in [2.05, 4.69) is 14.9 Å². The van der Waals surface area contributed by atoms with E-state index in [-0.39, 0.29) is 11.4 Å². The Hall–Kier alpha value is -1.77. The molecular weight excluding hydrogens is 446 g/mol. The second-order valence-electron chi connectivity index (χ2n) is 8.66. The van der Waals surface area contributed by atoms with E-state index < -0.39 is 0 Å². The lowest BCUT2D eigenvalue weighted by Crippen LogP contribution is -2.43. The molecule has 2 N–H and O–H groups in total. The van der Waals surface area contributed by atoms with Gasteiger partial charge in [0.2, 0.25) is 5.95 Å². The van der Waals surface area contributed by atoms with Gasteiger partial charge in [0.25, 0.3) is 5.56 Å². The van der Waals surface area contributed by atoms with Gasteiger partial charge in [0.15, 0.2) is 0 Å². The Morgan fingerprint density at radius 3 is 2.59 bits per heavy atom. The summed E-state index contributed by atoms with van der Waals surface area (Å²) in [7, 11) is 1.76. The van der Waals surface area contributed by atoms with Crippen LogP contribution in [0.4, 0.5) is 11.8 Å². The van der Waals surface area contributed by atoms with Crippen molar-refractivity contribution in [1.29, 1.82) is 0 Å². The first-order valence-corrected chi connectivity index (χ1v) is 12.7. The van der Waals surface area contributed by atoms with E-state index in [0.29, 0.717) is 27.2 Å². The fourth-order valence-electron chi connectivity index (χ4n) is 4.46. The molecule has 2 saturated heterocycles. The molecule has 0 aromatic carbocycles. The Bertz CT molecular complexity index is 1020. The highest BCUT2D eigenvalue weighted by molar-refractivity contribution is 7.99. The largest absolute Gasteiger partial charge is 0.382 e. The van der Waals surface area contributed by atoms with Gasteiger partial charge in [-0.25, -0.2) is 0 Å². The van der Waals surface area contributed by atoms with Gasteiger partial charge in [-0.15, -0.1) is 0 Å². The topological polar surface area (TPSA) is 86.3 Å². The van der Waals surface area contributed by atoms with Crippen molar-refractivity contribution in [2.45, 2.75) is 61.7 Å². The minimum Gasteiger partial charge on any atom is -0.382 e. The predicted octanol–water partition coefficient (Wildman–Crippen LogP) is 4.47. The minimum absolute atomic E-state index is 0.146. The van der Waals surface area contributed by atoms with Gasteiger partial charge in [-0.05, 0) is 43.6 Å². The number of halogens is 1. The van der Waals surface area contributed by atoms with Crippen LogP contribution >= 0.6 is 23.4 Å². The molecular formula is C23H32ClN5O2S. The van der Waals surface area contributed by atoms with Gasteiger partial charge in [0, 0.05) is 43.8 Å². The number of hydrogen-bond donors (Lipinski definition) is 1. The number of anilines is 2. The number of nitrogens with zero attached hydrogens (tertiary/aromatic N) is 4. The molecule has 174 valence electrons. The fourth-order valence-corrected chi connectivity index (χ4v) is 5.76. The lowest BCUT2D eigenvalue weighted by atomic mass is 9.78.